The fraction of sp³-hybridized carbons (Fsp3) is 0.571. The zero-order chi connectivity index (χ0) is 8.01. The van der Waals surface area contributed by atoms with Gasteiger partial charge in [-0.1, -0.05) is 0 Å². The summed E-state index contributed by atoms with van der Waals surface area (Å²) in [6.07, 6.45) is -0.364. The molecule has 11 heavy (non-hydrogen) atoms. The lowest BCUT2D eigenvalue weighted by Crippen LogP contribution is -2.29. The predicted octanol–water partition coefficient (Wildman–Crippen LogP) is -1.38. The number of ketones is 1. The minimum atomic E-state index is -0.789. The first kappa shape index (κ1) is 6.97. The molecule has 1 aliphatic carbocycles. The zero-order valence-corrected chi connectivity index (χ0v) is 5.73. The van der Waals surface area contributed by atoms with Gasteiger partial charge in [-0.05, 0) is 11.6 Å². The number of aliphatic hydroxyl groups is 2. The average molecular weight is 156 g/mol. The van der Waals surface area contributed by atoms with Crippen LogP contribution in [0.4, 0.5) is 0 Å². The van der Waals surface area contributed by atoms with Crippen LogP contribution in [0.5, 0.6) is 0 Å². The number of aliphatic hydroxyl groups excluding tert-OH is 2. The molecule has 0 unspecified atom stereocenters. The van der Waals surface area contributed by atoms with E-state index in [9.17, 15) is 9.90 Å². The van der Waals surface area contributed by atoms with Gasteiger partial charge in [-0.3, -0.25) is 4.79 Å². The van der Waals surface area contributed by atoms with Crippen molar-refractivity contribution in [2.24, 2.45) is 0 Å². The summed E-state index contributed by atoms with van der Waals surface area (Å²) in [6, 6.07) is 0. The highest BCUT2D eigenvalue weighted by Crippen LogP contribution is 2.33. The second-order valence-electron chi connectivity index (χ2n) is 2.75. The number of ether oxygens (including phenoxy) is 1. The highest BCUT2D eigenvalue weighted by atomic mass is 16.6. The number of hydrogen-bond acceptors (Lipinski definition) is 4. The molecule has 60 valence electrons. The Kier molecular flexibility index (Phi) is 1.35. The Bertz CT molecular complexity index is 233. The van der Waals surface area contributed by atoms with Gasteiger partial charge in [0.1, 0.15) is 18.3 Å². The van der Waals surface area contributed by atoms with E-state index in [2.05, 4.69) is 0 Å². The van der Waals surface area contributed by atoms with Crippen molar-refractivity contribution in [2.75, 3.05) is 6.61 Å². The molecule has 0 aromatic rings. The maximum Gasteiger partial charge on any atom is 0.187 e. The Morgan fingerprint density at radius 3 is 3.00 bits per heavy atom. The minimum absolute atomic E-state index is 0.149. The highest BCUT2D eigenvalue weighted by molar-refractivity contribution is 5.98. The summed E-state index contributed by atoms with van der Waals surface area (Å²) in [5.41, 5.74) is 0.355. The molecule has 4 nitrogen and oxygen atoms in total. The SMILES string of the molecule is O=C1C=C(CO)[C@@H](O)[C@@H]2O[C@H]12. The van der Waals surface area contributed by atoms with Crippen LogP contribution in [-0.4, -0.2) is 40.9 Å². The first-order chi connectivity index (χ1) is 5.24. The maximum absolute atomic E-state index is 10.9. The van der Waals surface area contributed by atoms with Crippen molar-refractivity contribution >= 4 is 5.78 Å². The number of hydrogen-bond donors (Lipinski definition) is 2. The van der Waals surface area contributed by atoms with Gasteiger partial charge in [0, 0.05) is 0 Å². The average Bonchev–Trinajstić information content (AvgIpc) is 2.75. The second-order valence-corrected chi connectivity index (χ2v) is 2.75. The Labute approximate surface area is 63.1 Å². The van der Waals surface area contributed by atoms with E-state index in [1.165, 1.54) is 6.08 Å². The van der Waals surface area contributed by atoms with Gasteiger partial charge in [0.05, 0.1) is 6.61 Å². The van der Waals surface area contributed by atoms with Crippen molar-refractivity contribution in [3.05, 3.63) is 11.6 Å². The monoisotopic (exact) mass is 156 g/mol. The quantitative estimate of drug-likeness (QED) is 0.459. The van der Waals surface area contributed by atoms with Crippen LogP contribution < -0.4 is 0 Å². The van der Waals surface area contributed by atoms with Crippen molar-refractivity contribution in [1.29, 1.82) is 0 Å². The largest absolute Gasteiger partial charge is 0.392 e. The van der Waals surface area contributed by atoms with Crippen molar-refractivity contribution in [3.63, 3.8) is 0 Å². The van der Waals surface area contributed by atoms with E-state index in [4.69, 9.17) is 9.84 Å². The van der Waals surface area contributed by atoms with Gasteiger partial charge in [0.15, 0.2) is 5.78 Å². The summed E-state index contributed by atoms with van der Waals surface area (Å²) in [4.78, 5) is 10.9. The molecule has 0 saturated carbocycles. The smallest absolute Gasteiger partial charge is 0.187 e. The maximum atomic E-state index is 10.9. The molecule has 0 bridgehead atoms. The summed E-state index contributed by atoms with van der Waals surface area (Å²) in [5, 5.41) is 18.0. The lowest BCUT2D eigenvalue weighted by Gasteiger charge is -2.12. The lowest BCUT2D eigenvalue weighted by atomic mass is 9.96. The van der Waals surface area contributed by atoms with Crippen molar-refractivity contribution < 1.29 is 19.7 Å². The molecule has 2 N–H and O–H groups in total. The normalized spacial score (nSPS) is 41.5. The first-order valence-electron chi connectivity index (χ1n) is 3.42. The number of carbonyl (C=O) groups is 1. The van der Waals surface area contributed by atoms with Gasteiger partial charge in [-0.25, -0.2) is 0 Å². The molecule has 0 aromatic carbocycles. The molecule has 2 aliphatic rings. The molecule has 1 saturated heterocycles. The molecule has 4 heteroatoms. The molecule has 2 rings (SSSR count). The minimum Gasteiger partial charge on any atom is -0.392 e. The summed E-state index contributed by atoms with van der Waals surface area (Å²) in [7, 11) is 0. The van der Waals surface area contributed by atoms with Gasteiger partial charge in [0.2, 0.25) is 0 Å². The molecular weight excluding hydrogens is 148 g/mol. The van der Waals surface area contributed by atoms with Gasteiger partial charge in [-0.2, -0.15) is 0 Å². The van der Waals surface area contributed by atoms with Crippen LogP contribution in [0.25, 0.3) is 0 Å². The third-order valence-corrected chi connectivity index (χ3v) is 2.01. The van der Waals surface area contributed by atoms with E-state index in [1.54, 1.807) is 0 Å². The number of epoxide rings is 1. The van der Waals surface area contributed by atoms with E-state index >= 15 is 0 Å². The van der Waals surface area contributed by atoms with E-state index in [1.807, 2.05) is 0 Å². The van der Waals surface area contributed by atoms with E-state index in [0.717, 1.165) is 0 Å². The summed E-state index contributed by atoms with van der Waals surface area (Å²) >= 11 is 0. The molecule has 1 fully saturated rings. The van der Waals surface area contributed by atoms with E-state index in [0.29, 0.717) is 5.57 Å². The Morgan fingerprint density at radius 1 is 1.64 bits per heavy atom. The zero-order valence-electron chi connectivity index (χ0n) is 5.73. The number of rotatable bonds is 1. The van der Waals surface area contributed by atoms with Gasteiger partial charge >= 0.3 is 0 Å². The molecule has 3 atom stereocenters. The van der Waals surface area contributed by atoms with E-state index < -0.39 is 18.3 Å². The molecule has 0 spiro atoms. The van der Waals surface area contributed by atoms with Crippen LogP contribution in [-0.2, 0) is 9.53 Å². The molecule has 0 amide bonds. The van der Waals surface area contributed by atoms with Crippen molar-refractivity contribution in [3.8, 4) is 0 Å². The Morgan fingerprint density at radius 2 is 2.36 bits per heavy atom. The summed E-state index contributed by atoms with van der Waals surface area (Å²) in [5.74, 6) is -0.149. The van der Waals surface area contributed by atoms with Crippen LogP contribution >= 0.6 is 0 Å². The standard InChI is InChI=1S/C7H8O4/c8-2-3-1-4(9)6-7(11-6)5(3)10/h1,5-8,10H,2H2/t5-,6-,7+/m1/s1. The van der Waals surface area contributed by atoms with E-state index in [-0.39, 0.29) is 12.4 Å². The topological polar surface area (TPSA) is 70.1 Å². The molecule has 1 heterocycles. The third kappa shape index (κ3) is 0.910. The van der Waals surface area contributed by atoms with Gasteiger partial charge in [-0.15, -0.1) is 0 Å². The second kappa shape index (κ2) is 2.14. The molecular formula is C7H8O4. The number of carbonyl (C=O) groups excluding carboxylic acids is 1. The molecule has 1 aliphatic heterocycles. The molecule has 0 radical (unpaired) electrons. The highest BCUT2D eigenvalue weighted by Gasteiger charge is 2.52. The Hall–Kier alpha value is -0.710. The van der Waals surface area contributed by atoms with Crippen LogP contribution in [0, 0.1) is 0 Å². The molecule has 0 aromatic heterocycles. The van der Waals surface area contributed by atoms with Crippen LogP contribution in [0.3, 0.4) is 0 Å². The van der Waals surface area contributed by atoms with Gasteiger partial charge in [0.25, 0.3) is 0 Å². The first-order valence-corrected chi connectivity index (χ1v) is 3.42. The van der Waals surface area contributed by atoms with Crippen LogP contribution in [0.1, 0.15) is 0 Å². The van der Waals surface area contributed by atoms with Crippen LogP contribution in [0.15, 0.2) is 11.6 Å². The van der Waals surface area contributed by atoms with Gasteiger partial charge < -0.3 is 14.9 Å². The lowest BCUT2D eigenvalue weighted by molar-refractivity contribution is -0.116. The number of fused-ring (bicyclic) bond motifs is 1. The van der Waals surface area contributed by atoms with Crippen molar-refractivity contribution in [2.45, 2.75) is 18.3 Å². The van der Waals surface area contributed by atoms with Crippen LogP contribution in [0.2, 0.25) is 0 Å². The van der Waals surface area contributed by atoms with Crippen molar-refractivity contribution in [1.82, 2.24) is 0 Å². The third-order valence-electron chi connectivity index (χ3n) is 2.01. The summed E-state index contributed by atoms with van der Waals surface area (Å²) in [6.45, 7) is -0.278. The Balaban J connectivity index is 2.25. The fourth-order valence-electron chi connectivity index (χ4n) is 1.29. The predicted molar refractivity (Wildman–Crippen MR) is 34.8 cm³/mol. The summed E-state index contributed by atoms with van der Waals surface area (Å²) < 4.78 is 4.87. The fourth-order valence-corrected chi connectivity index (χ4v) is 1.29.